The summed E-state index contributed by atoms with van der Waals surface area (Å²) in [6.45, 7) is 0. The Morgan fingerprint density at radius 3 is 2.29 bits per heavy atom. The Morgan fingerprint density at radius 1 is 0.929 bits per heavy atom. The zero-order chi connectivity index (χ0) is 9.97. The molecule has 0 bridgehead atoms. The Balaban J connectivity index is 1.99. The molecule has 2 heteroatoms. The number of hydrogen-bond donors (Lipinski definition) is 1. The van der Waals surface area contributed by atoms with Crippen LogP contribution in [0.5, 0.6) is 0 Å². The first kappa shape index (κ1) is 10.4. The largest absolute Gasteiger partial charge is 0.393 e. The van der Waals surface area contributed by atoms with Gasteiger partial charge in [0.15, 0.2) is 0 Å². The summed E-state index contributed by atoms with van der Waals surface area (Å²) in [5, 5.41) is 9.90. The molecule has 0 spiro atoms. The lowest BCUT2D eigenvalue weighted by molar-refractivity contribution is -0.0271. The van der Waals surface area contributed by atoms with E-state index >= 15 is 0 Å². The fraction of sp³-hybridized carbons (Fsp3) is 1.00. The molecule has 14 heavy (non-hydrogen) atoms. The SMILES string of the molecule is COC1CCCCC1C1CCCC1O. The van der Waals surface area contributed by atoms with Gasteiger partial charge in [-0.1, -0.05) is 19.3 Å². The van der Waals surface area contributed by atoms with Gasteiger partial charge in [-0.3, -0.25) is 0 Å². The highest BCUT2D eigenvalue weighted by atomic mass is 16.5. The number of methoxy groups -OCH3 is 1. The lowest BCUT2D eigenvalue weighted by Gasteiger charge is -2.36. The molecule has 1 N–H and O–H groups in total. The Bertz CT molecular complexity index is 181. The molecular formula is C12H22O2. The van der Waals surface area contributed by atoms with Crippen LogP contribution in [0, 0.1) is 11.8 Å². The van der Waals surface area contributed by atoms with Crippen LogP contribution in [-0.2, 0) is 4.74 Å². The van der Waals surface area contributed by atoms with E-state index in [1.54, 1.807) is 0 Å². The molecule has 0 radical (unpaired) electrons. The summed E-state index contributed by atoms with van der Waals surface area (Å²) >= 11 is 0. The minimum Gasteiger partial charge on any atom is -0.393 e. The van der Waals surface area contributed by atoms with Gasteiger partial charge in [0.05, 0.1) is 12.2 Å². The number of aliphatic hydroxyl groups excluding tert-OH is 1. The first-order chi connectivity index (χ1) is 6.83. The maximum atomic E-state index is 9.90. The van der Waals surface area contributed by atoms with Crippen LogP contribution in [0.3, 0.4) is 0 Å². The van der Waals surface area contributed by atoms with Crippen LogP contribution in [0.15, 0.2) is 0 Å². The maximum absolute atomic E-state index is 9.90. The van der Waals surface area contributed by atoms with E-state index in [1.165, 1.54) is 38.5 Å². The lowest BCUT2D eigenvalue weighted by atomic mass is 9.76. The van der Waals surface area contributed by atoms with Crippen molar-refractivity contribution in [1.29, 1.82) is 0 Å². The molecular weight excluding hydrogens is 176 g/mol. The normalized spacial score (nSPS) is 44.1. The van der Waals surface area contributed by atoms with Gasteiger partial charge in [0.25, 0.3) is 0 Å². The molecule has 2 aliphatic rings. The molecule has 2 aliphatic carbocycles. The molecule has 2 rings (SSSR count). The second-order valence-electron chi connectivity index (χ2n) is 4.88. The van der Waals surface area contributed by atoms with Gasteiger partial charge in [-0.05, 0) is 37.5 Å². The topological polar surface area (TPSA) is 29.5 Å². The van der Waals surface area contributed by atoms with Crippen LogP contribution in [0.25, 0.3) is 0 Å². The van der Waals surface area contributed by atoms with Crippen molar-refractivity contribution in [3.8, 4) is 0 Å². The molecule has 4 atom stereocenters. The summed E-state index contributed by atoms with van der Waals surface area (Å²) in [7, 11) is 1.82. The van der Waals surface area contributed by atoms with E-state index in [0.717, 1.165) is 6.42 Å². The molecule has 2 fully saturated rings. The fourth-order valence-corrected chi connectivity index (χ4v) is 3.38. The average Bonchev–Trinajstić information content (AvgIpc) is 2.64. The third-order valence-electron chi connectivity index (χ3n) is 4.14. The second-order valence-corrected chi connectivity index (χ2v) is 4.88. The molecule has 4 unspecified atom stereocenters. The van der Waals surface area contributed by atoms with Gasteiger partial charge in [0.1, 0.15) is 0 Å². The van der Waals surface area contributed by atoms with Crippen molar-refractivity contribution in [2.45, 2.75) is 57.2 Å². The average molecular weight is 198 g/mol. The molecule has 2 saturated carbocycles. The minimum absolute atomic E-state index is 0.0456. The van der Waals surface area contributed by atoms with E-state index in [9.17, 15) is 5.11 Å². The smallest absolute Gasteiger partial charge is 0.0603 e. The van der Waals surface area contributed by atoms with Crippen LogP contribution in [0.4, 0.5) is 0 Å². The highest BCUT2D eigenvalue weighted by molar-refractivity contribution is 4.88. The quantitative estimate of drug-likeness (QED) is 0.738. The predicted octanol–water partition coefficient (Wildman–Crippen LogP) is 2.35. The molecule has 0 aromatic rings. The standard InChI is InChI=1S/C12H22O2/c1-14-12-8-3-2-5-10(12)9-6-4-7-11(9)13/h9-13H,2-8H2,1H3. The summed E-state index contributed by atoms with van der Waals surface area (Å²) in [6.07, 6.45) is 8.90. The minimum atomic E-state index is -0.0456. The Labute approximate surface area is 86.6 Å². The predicted molar refractivity (Wildman–Crippen MR) is 56.1 cm³/mol. The van der Waals surface area contributed by atoms with Crippen molar-refractivity contribution < 1.29 is 9.84 Å². The third kappa shape index (κ3) is 1.96. The number of hydrogen-bond acceptors (Lipinski definition) is 2. The van der Waals surface area contributed by atoms with Crippen molar-refractivity contribution in [3.63, 3.8) is 0 Å². The highest BCUT2D eigenvalue weighted by Crippen LogP contribution is 2.40. The van der Waals surface area contributed by atoms with Crippen molar-refractivity contribution in [3.05, 3.63) is 0 Å². The van der Waals surface area contributed by atoms with Crippen molar-refractivity contribution in [2.24, 2.45) is 11.8 Å². The lowest BCUT2D eigenvalue weighted by Crippen LogP contribution is -2.35. The highest BCUT2D eigenvalue weighted by Gasteiger charge is 2.37. The first-order valence-corrected chi connectivity index (χ1v) is 6.04. The monoisotopic (exact) mass is 198 g/mol. The van der Waals surface area contributed by atoms with Crippen LogP contribution in [0.2, 0.25) is 0 Å². The van der Waals surface area contributed by atoms with Gasteiger partial charge in [0.2, 0.25) is 0 Å². The summed E-state index contributed by atoms with van der Waals surface area (Å²) in [5.74, 6) is 1.16. The van der Waals surface area contributed by atoms with Crippen LogP contribution < -0.4 is 0 Å². The van der Waals surface area contributed by atoms with Crippen molar-refractivity contribution >= 4 is 0 Å². The molecule has 0 aromatic carbocycles. The van der Waals surface area contributed by atoms with Gasteiger partial charge >= 0.3 is 0 Å². The molecule has 82 valence electrons. The third-order valence-corrected chi connectivity index (χ3v) is 4.14. The van der Waals surface area contributed by atoms with E-state index in [-0.39, 0.29) is 6.10 Å². The summed E-state index contributed by atoms with van der Waals surface area (Å²) in [6, 6.07) is 0. The zero-order valence-corrected chi connectivity index (χ0v) is 9.11. The summed E-state index contributed by atoms with van der Waals surface area (Å²) < 4.78 is 5.55. The van der Waals surface area contributed by atoms with Crippen LogP contribution in [-0.4, -0.2) is 24.4 Å². The van der Waals surface area contributed by atoms with Gasteiger partial charge in [0, 0.05) is 7.11 Å². The number of rotatable bonds is 2. The molecule has 2 nitrogen and oxygen atoms in total. The number of ether oxygens (including phenoxy) is 1. The molecule has 0 aromatic heterocycles. The van der Waals surface area contributed by atoms with Crippen molar-refractivity contribution in [2.75, 3.05) is 7.11 Å². The van der Waals surface area contributed by atoms with Gasteiger partial charge in [-0.25, -0.2) is 0 Å². The van der Waals surface area contributed by atoms with E-state index in [0.29, 0.717) is 17.9 Å². The second kappa shape index (κ2) is 4.63. The zero-order valence-electron chi connectivity index (χ0n) is 9.11. The van der Waals surface area contributed by atoms with E-state index in [1.807, 2.05) is 7.11 Å². The van der Waals surface area contributed by atoms with E-state index in [4.69, 9.17) is 4.74 Å². The van der Waals surface area contributed by atoms with Gasteiger partial charge < -0.3 is 9.84 Å². The number of aliphatic hydroxyl groups is 1. The molecule has 0 aliphatic heterocycles. The van der Waals surface area contributed by atoms with Crippen LogP contribution >= 0.6 is 0 Å². The Hall–Kier alpha value is -0.0800. The maximum Gasteiger partial charge on any atom is 0.0603 e. The van der Waals surface area contributed by atoms with Gasteiger partial charge in [-0.15, -0.1) is 0 Å². The summed E-state index contributed by atoms with van der Waals surface area (Å²) in [5.41, 5.74) is 0. The molecule has 0 amide bonds. The van der Waals surface area contributed by atoms with E-state index < -0.39 is 0 Å². The Kier molecular flexibility index (Phi) is 3.45. The Morgan fingerprint density at radius 2 is 1.64 bits per heavy atom. The van der Waals surface area contributed by atoms with Crippen molar-refractivity contribution in [1.82, 2.24) is 0 Å². The van der Waals surface area contributed by atoms with Crippen LogP contribution in [0.1, 0.15) is 44.9 Å². The first-order valence-electron chi connectivity index (χ1n) is 6.04. The molecule has 0 saturated heterocycles. The molecule has 0 heterocycles. The van der Waals surface area contributed by atoms with E-state index in [2.05, 4.69) is 0 Å². The summed E-state index contributed by atoms with van der Waals surface area (Å²) in [4.78, 5) is 0. The van der Waals surface area contributed by atoms with Gasteiger partial charge in [-0.2, -0.15) is 0 Å². The fourth-order valence-electron chi connectivity index (χ4n) is 3.38.